The Morgan fingerprint density at radius 3 is 2.12 bits per heavy atom. The lowest BCUT2D eigenvalue weighted by molar-refractivity contribution is 0.327. The van der Waals surface area contributed by atoms with Gasteiger partial charge in [-0.25, -0.2) is 0 Å². The van der Waals surface area contributed by atoms with Gasteiger partial charge < -0.3 is 4.53 Å². The molecule has 0 amide bonds. The topological polar surface area (TPSA) is 58.0 Å². The maximum atomic E-state index is 7.79. The molecular formula is C3H9N3OSi. The average Bonchev–Trinajstić information content (AvgIpc) is 1.59. The molecule has 0 aliphatic heterocycles. The fourth-order valence-electron chi connectivity index (χ4n) is 0.141. The minimum atomic E-state index is -1.60. The number of hydrogen-bond donors (Lipinski definition) is 0. The molecule has 0 aromatic carbocycles. The Balaban J connectivity index is 3.55. The van der Waals surface area contributed by atoms with Crippen LogP contribution in [0.3, 0.4) is 0 Å². The van der Waals surface area contributed by atoms with Gasteiger partial charge in [-0.15, -0.1) is 0 Å². The summed E-state index contributed by atoms with van der Waals surface area (Å²) in [7, 11) is -1.60. The summed E-state index contributed by atoms with van der Waals surface area (Å²) < 4.78 is 4.73. The van der Waals surface area contributed by atoms with Crippen LogP contribution in [0.4, 0.5) is 0 Å². The number of azide groups is 1. The maximum Gasteiger partial charge on any atom is 0.252 e. The Morgan fingerprint density at radius 1 is 1.50 bits per heavy atom. The Labute approximate surface area is 49.2 Å². The van der Waals surface area contributed by atoms with Crippen LogP contribution in [0.5, 0.6) is 0 Å². The van der Waals surface area contributed by atoms with E-state index < -0.39 is 8.32 Å². The summed E-state index contributed by atoms with van der Waals surface area (Å²) in [6, 6.07) is 0. The molecule has 46 valence electrons. The summed E-state index contributed by atoms with van der Waals surface area (Å²) in [5.74, 6) is 0. The zero-order valence-electron chi connectivity index (χ0n) is 5.25. The Morgan fingerprint density at radius 2 is 2.00 bits per heavy atom. The predicted octanol–water partition coefficient (Wildman–Crippen LogP) is 2.06. The van der Waals surface area contributed by atoms with Crippen LogP contribution in [0.25, 0.3) is 10.4 Å². The summed E-state index contributed by atoms with van der Waals surface area (Å²) in [4.78, 5) is 2.46. The van der Waals surface area contributed by atoms with Gasteiger partial charge in [-0.05, 0) is 25.2 Å². The Hall–Kier alpha value is -0.673. The summed E-state index contributed by atoms with van der Waals surface area (Å²) in [5, 5.41) is 2.99. The molecule has 0 saturated heterocycles. The third-order valence-electron chi connectivity index (χ3n) is 0.351. The molecule has 0 heterocycles. The number of rotatable bonds is 2. The van der Waals surface area contributed by atoms with Crippen molar-refractivity contribution in [2.45, 2.75) is 19.6 Å². The second kappa shape index (κ2) is 2.59. The second-order valence-electron chi connectivity index (χ2n) is 2.37. The van der Waals surface area contributed by atoms with Gasteiger partial charge in [-0.3, -0.25) is 0 Å². The fraction of sp³-hybridized carbons (Fsp3) is 1.00. The molecule has 0 fully saturated rings. The van der Waals surface area contributed by atoms with Crippen molar-refractivity contribution in [1.29, 1.82) is 0 Å². The normalized spacial score (nSPS) is 9.88. The minimum Gasteiger partial charge on any atom is -0.488 e. The highest BCUT2D eigenvalue weighted by atomic mass is 28.4. The van der Waals surface area contributed by atoms with E-state index >= 15 is 0 Å². The third-order valence-corrected chi connectivity index (χ3v) is 0.981. The smallest absolute Gasteiger partial charge is 0.252 e. The van der Waals surface area contributed by atoms with Gasteiger partial charge in [-0.2, -0.15) is 0 Å². The first-order chi connectivity index (χ1) is 3.56. The first-order valence-corrected chi connectivity index (χ1v) is 5.69. The fourth-order valence-corrected chi connectivity index (χ4v) is 0.422. The molecule has 0 atom stereocenters. The van der Waals surface area contributed by atoms with E-state index in [2.05, 4.69) is 10.2 Å². The largest absolute Gasteiger partial charge is 0.488 e. The van der Waals surface area contributed by atoms with Crippen molar-refractivity contribution in [2.24, 2.45) is 5.28 Å². The van der Waals surface area contributed by atoms with Gasteiger partial charge in [-0.1, -0.05) is 0 Å². The van der Waals surface area contributed by atoms with Gasteiger partial charge in [0.25, 0.3) is 8.32 Å². The lowest BCUT2D eigenvalue weighted by Gasteiger charge is -2.10. The molecule has 0 aromatic heterocycles. The SMILES string of the molecule is C[Si](C)(C)ON=[N+]=[N-]. The lowest BCUT2D eigenvalue weighted by Crippen LogP contribution is -2.21. The standard InChI is InChI=1S/C3H9N3OSi/c1-8(2,3)7-6-5-4/h1-3H3. The second-order valence-corrected chi connectivity index (χ2v) is 6.78. The zero-order valence-corrected chi connectivity index (χ0v) is 6.25. The molecular weight excluding hydrogens is 122 g/mol. The molecule has 0 saturated carbocycles. The lowest BCUT2D eigenvalue weighted by atomic mass is 11.8. The molecule has 0 radical (unpaired) electrons. The molecule has 4 nitrogen and oxygen atoms in total. The van der Waals surface area contributed by atoms with Gasteiger partial charge in [0, 0.05) is 4.91 Å². The molecule has 0 aliphatic rings. The van der Waals surface area contributed by atoms with Crippen molar-refractivity contribution in [3.05, 3.63) is 10.4 Å². The summed E-state index contributed by atoms with van der Waals surface area (Å²) >= 11 is 0. The van der Waals surface area contributed by atoms with Crippen LogP contribution < -0.4 is 0 Å². The highest BCUT2D eigenvalue weighted by Crippen LogP contribution is 2.01. The van der Waals surface area contributed by atoms with E-state index in [4.69, 9.17) is 10.1 Å². The summed E-state index contributed by atoms with van der Waals surface area (Å²) in [6.07, 6.45) is 0. The van der Waals surface area contributed by atoms with Gasteiger partial charge >= 0.3 is 0 Å². The molecule has 0 aromatic rings. The van der Waals surface area contributed by atoms with Crippen LogP contribution in [-0.4, -0.2) is 8.32 Å². The summed E-state index contributed by atoms with van der Waals surface area (Å²) in [6.45, 7) is 5.84. The van der Waals surface area contributed by atoms with E-state index in [0.717, 1.165) is 0 Å². The van der Waals surface area contributed by atoms with Gasteiger partial charge in [0.15, 0.2) is 0 Å². The monoisotopic (exact) mass is 131 g/mol. The van der Waals surface area contributed by atoms with Gasteiger partial charge in [0.2, 0.25) is 0 Å². The first-order valence-electron chi connectivity index (χ1n) is 2.29. The van der Waals surface area contributed by atoms with Gasteiger partial charge in [0.1, 0.15) is 0 Å². The molecule has 0 rings (SSSR count). The van der Waals surface area contributed by atoms with Crippen molar-refractivity contribution in [3.8, 4) is 0 Å². The maximum absolute atomic E-state index is 7.79. The highest BCUT2D eigenvalue weighted by Gasteiger charge is 2.13. The minimum absolute atomic E-state index is 1.60. The van der Waals surface area contributed by atoms with Crippen molar-refractivity contribution in [2.75, 3.05) is 0 Å². The van der Waals surface area contributed by atoms with Crippen LogP contribution in [0, 0.1) is 0 Å². The van der Waals surface area contributed by atoms with Crippen molar-refractivity contribution in [1.82, 2.24) is 0 Å². The van der Waals surface area contributed by atoms with E-state index in [1.54, 1.807) is 0 Å². The molecule has 0 unspecified atom stereocenters. The van der Waals surface area contributed by atoms with E-state index in [-0.39, 0.29) is 0 Å². The molecule has 0 bridgehead atoms. The van der Waals surface area contributed by atoms with Crippen LogP contribution in [-0.2, 0) is 4.53 Å². The quantitative estimate of drug-likeness (QED) is 0.186. The van der Waals surface area contributed by atoms with Crippen molar-refractivity contribution >= 4 is 8.32 Å². The number of hydrogen-bond acceptors (Lipinski definition) is 2. The van der Waals surface area contributed by atoms with Gasteiger partial charge in [0.05, 0.1) is 5.28 Å². The van der Waals surface area contributed by atoms with E-state index in [1.165, 1.54) is 0 Å². The highest BCUT2D eigenvalue weighted by molar-refractivity contribution is 6.69. The zero-order chi connectivity index (χ0) is 6.62. The van der Waals surface area contributed by atoms with Crippen molar-refractivity contribution < 1.29 is 4.53 Å². The van der Waals surface area contributed by atoms with Crippen LogP contribution >= 0.6 is 0 Å². The van der Waals surface area contributed by atoms with E-state index in [9.17, 15) is 0 Å². The molecule has 5 heteroatoms. The van der Waals surface area contributed by atoms with E-state index in [1.807, 2.05) is 19.6 Å². The molecule has 8 heavy (non-hydrogen) atoms. The molecule has 0 aliphatic carbocycles. The predicted molar refractivity (Wildman–Crippen MR) is 33.6 cm³/mol. The van der Waals surface area contributed by atoms with Crippen molar-refractivity contribution in [3.63, 3.8) is 0 Å². The molecule has 0 N–H and O–H groups in total. The first kappa shape index (κ1) is 7.33. The average molecular weight is 131 g/mol. The third kappa shape index (κ3) is 5.33. The summed E-state index contributed by atoms with van der Waals surface area (Å²) in [5.41, 5.74) is 7.79. The van der Waals surface area contributed by atoms with Crippen LogP contribution in [0.15, 0.2) is 5.28 Å². The van der Waals surface area contributed by atoms with Crippen LogP contribution in [0.2, 0.25) is 19.6 Å². The Kier molecular flexibility index (Phi) is 2.37. The number of nitrogens with zero attached hydrogens (tertiary/aromatic N) is 3. The van der Waals surface area contributed by atoms with E-state index in [0.29, 0.717) is 0 Å². The van der Waals surface area contributed by atoms with Crippen LogP contribution in [0.1, 0.15) is 0 Å². The Bertz CT molecular complexity index is 112. The molecule has 0 spiro atoms.